The zero-order valence-corrected chi connectivity index (χ0v) is 20.3. The summed E-state index contributed by atoms with van der Waals surface area (Å²) in [5.74, 6) is -0.511. The van der Waals surface area contributed by atoms with Crippen molar-refractivity contribution in [1.82, 2.24) is 14.1 Å². The number of aryl methyl sites for hydroxylation is 2. The Balaban J connectivity index is 1.67. The van der Waals surface area contributed by atoms with Crippen molar-refractivity contribution in [2.75, 3.05) is 19.7 Å². The molecule has 0 N–H and O–H groups in total. The molecule has 178 valence electrons. The van der Waals surface area contributed by atoms with Gasteiger partial charge in [-0.2, -0.15) is 9.40 Å². The van der Waals surface area contributed by atoms with Gasteiger partial charge in [0.1, 0.15) is 0 Å². The number of benzene rings is 1. The lowest BCUT2D eigenvalue weighted by Gasteiger charge is -2.30. The summed E-state index contributed by atoms with van der Waals surface area (Å²) in [6, 6.07) is 5.36. The fourth-order valence-electron chi connectivity index (χ4n) is 4.84. The number of aromatic nitrogens is 2. The zero-order chi connectivity index (χ0) is 23.8. The van der Waals surface area contributed by atoms with Crippen molar-refractivity contribution < 1.29 is 17.9 Å². The second-order valence-electron chi connectivity index (χ2n) is 8.85. The molecule has 1 aromatic heterocycles. The lowest BCUT2D eigenvalue weighted by atomic mass is 9.89. The van der Waals surface area contributed by atoms with Crippen molar-refractivity contribution in [1.29, 1.82) is 0 Å². The SMILES string of the molecule is CCOC(=O)C1CCN(S(=O)(=O)c2cc(-c3nn(C)c(=O)c4c3CCCC4)ccc2C)CC1. The molecular formula is C24H31N3O5S. The van der Waals surface area contributed by atoms with Crippen LogP contribution in [0.25, 0.3) is 11.3 Å². The fraction of sp³-hybridized carbons (Fsp3) is 0.542. The number of ether oxygens (including phenoxy) is 1. The van der Waals surface area contributed by atoms with Gasteiger partial charge < -0.3 is 4.74 Å². The van der Waals surface area contributed by atoms with Crippen molar-refractivity contribution in [2.45, 2.75) is 57.3 Å². The van der Waals surface area contributed by atoms with E-state index in [1.165, 1.54) is 8.99 Å². The molecule has 1 aromatic carbocycles. The van der Waals surface area contributed by atoms with E-state index in [9.17, 15) is 18.0 Å². The van der Waals surface area contributed by atoms with Gasteiger partial charge in [0.15, 0.2) is 0 Å². The number of sulfonamides is 1. The first-order chi connectivity index (χ1) is 15.7. The Morgan fingerprint density at radius 2 is 1.82 bits per heavy atom. The lowest BCUT2D eigenvalue weighted by Crippen LogP contribution is -2.40. The fourth-order valence-corrected chi connectivity index (χ4v) is 6.56. The van der Waals surface area contributed by atoms with Gasteiger partial charge in [-0.05, 0) is 69.6 Å². The van der Waals surface area contributed by atoms with Crippen molar-refractivity contribution in [3.8, 4) is 11.3 Å². The van der Waals surface area contributed by atoms with E-state index >= 15 is 0 Å². The van der Waals surface area contributed by atoms with Crippen molar-refractivity contribution in [2.24, 2.45) is 13.0 Å². The van der Waals surface area contributed by atoms with Gasteiger partial charge >= 0.3 is 5.97 Å². The third kappa shape index (κ3) is 4.48. The minimum Gasteiger partial charge on any atom is -0.466 e. The van der Waals surface area contributed by atoms with Gasteiger partial charge in [-0.3, -0.25) is 9.59 Å². The predicted octanol–water partition coefficient (Wildman–Crippen LogP) is 2.60. The topological polar surface area (TPSA) is 98.6 Å². The number of esters is 1. The number of carbonyl (C=O) groups excluding carboxylic acids is 1. The number of hydrogen-bond acceptors (Lipinski definition) is 6. The molecule has 0 unspecified atom stereocenters. The number of carbonyl (C=O) groups is 1. The number of piperidine rings is 1. The van der Waals surface area contributed by atoms with E-state index in [0.29, 0.717) is 36.3 Å². The third-order valence-corrected chi connectivity index (χ3v) is 8.75. The van der Waals surface area contributed by atoms with Crippen LogP contribution in [0.15, 0.2) is 27.9 Å². The van der Waals surface area contributed by atoms with E-state index in [0.717, 1.165) is 36.8 Å². The van der Waals surface area contributed by atoms with Crippen LogP contribution in [0.5, 0.6) is 0 Å². The van der Waals surface area contributed by atoms with E-state index in [4.69, 9.17) is 4.74 Å². The minimum atomic E-state index is -3.74. The van der Waals surface area contributed by atoms with Gasteiger partial charge in [-0.1, -0.05) is 12.1 Å². The highest BCUT2D eigenvalue weighted by Crippen LogP contribution is 2.32. The minimum absolute atomic E-state index is 0.0714. The largest absolute Gasteiger partial charge is 0.466 e. The average Bonchev–Trinajstić information content (AvgIpc) is 2.82. The predicted molar refractivity (Wildman–Crippen MR) is 124 cm³/mol. The van der Waals surface area contributed by atoms with Gasteiger partial charge in [-0.25, -0.2) is 13.1 Å². The third-order valence-electron chi connectivity index (χ3n) is 6.71. The highest BCUT2D eigenvalue weighted by molar-refractivity contribution is 7.89. The van der Waals surface area contributed by atoms with Crippen molar-refractivity contribution in [3.63, 3.8) is 0 Å². The van der Waals surface area contributed by atoms with Crippen LogP contribution in [0.4, 0.5) is 0 Å². The van der Waals surface area contributed by atoms with Gasteiger partial charge in [0, 0.05) is 31.3 Å². The molecule has 1 aliphatic carbocycles. The number of rotatable bonds is 5. The summed E-state index contributed by atoms with van der Waals surface area (Å²) in [6.45, 7) is 4.44. The van der Waals surface area contributed by atoms with E-state index in [1.807, 2.05) is 6.07 Å². The molecule has 0 saturated carbocycles. The van der Waals surface area contributed by atoms with E-state index in [-0.39, 0.29) is 35.4 Å². The molecule has 4 rings (SSSR count). The molecule has 9 heteroatoms. The summed E-state index contributed by atoms with van der Waals surface area (Å²) in [5.41, 5.74) is 3.70. The van der Waals surface area contributed by atoms with Gasteiger partial charge in [0.05, 0.1) is 23.1 Å². The first-order valence-electron chi connectivity index (χ1n) is 11.6. The number of fused-ring (bicyclic) bond motifs is 1. The monoisotopic (exact) mass is 473 g/mol. The van der Waals surface area contributed by atoms with Crippen LogP contribution < -0.4 is 5.56 Å². The van der Waals surface area contributed by atoms with Crippen molar-refractivity contribution in [3.05, 3.63) is 45.2 Å². The number of hydrogen-bond donors (Lipinski definition) is 0. The Bertz CT molecular complexity index is 1230. The van der Waals surface area contributed by atoms with E-state index < -0.39 is 10.0 Å². The molecule has 1 saturated heterocycles. The van der Waals surface area contributed by atoms with Crippen LogP contribution in [0.2, 0.25) is 0 Å². The number of nitrogens with zero attached hydrogens (tertiary/aromatic N) is 3. The molecule has 1 fully saturated rings. The van der Waals surface area contributed by atoms with Gasteiger partial charge in [-0.15, -0.1) is 0 Å². The highest BCUT2D eigenvalue weighted by Gasteiger charge is 2.34. The average molecular weight is 474 g/mol. The second-order valence-corrected chi connectivity index (χ2v) is 10.8. The Morgan fingerprint density at radius 1 is 1.15 bits per heavy atom. The van der Waals surface area contributed by atoms with Crippen LogP contribution in [0, 0.1) is 12.8 Å². The summed E-state index contributed by atoms with van der Waals surface area (Å²) in [4.78, 5) is 24.8. The molecule has 2 aliphatic rings. The van der Waals surface area contributed by atoms with Crippen LogP contribution in [0.3, 0.4) is 0 Å². The maximum atomic E-state index is 13.5. The Labute approximate surface area is 194 Å². The first-order valence-corrected chi connectivity index (χ1v) is 13.0. The molecule has 2 aromatic rings. The molecule has 1 aliphatic heterocycles. The molecule has 0 atom stereocenters. The van der Waals surface area contributed by atoms with Gasteiger partial charge in [0.2, 0.25) is 10.0 Å². The van der Waals surface area contributed by atoms with E-state index in [1.54, 1.807) is 33.0 Å². The Kier molecular flexibility index (Phi) is 6.72. The quantitative estimate of drug-likeness (QED) is 0.619. The maximum Gasteiger partial charge on any atom is 0.309 e. The highest BCUT2D eigenvalue weighted by atomic mass is 32.2. The first kappa shape index (κ1) is 23.6. The molecule has 0 bridgehead atoms. The molecule has 0 radical (unpaired) electrons. The Hall–Kier alpha value is -2.52. The Morgan fingerprint density at radius 3 is 2.48 bits per heavy atom. The van der Waals surface area contributed by atoms with Crippen LogP contribution in [-0.2, 0) is 39.4 Å². The molecular weight excluding hydrogens is 442 g/mol. The second kappa shape index (κ2) is 9.38. The normalized spacial score (nSPS) is 17.5. The summed E-state index contributed by atoms with van der Waals surface area (Å²) < 4.78 is 35.0. The van der Waals surface area contributed by atoms with Crippen LogP contribution in [-0.4, -0.2) is 48.2 Å². The smallest absolute Gasteiger partial charge is 0.309 e. The molecule has 2 heterocycles. The molecule has 33 heavy (non-hydrogen) atoms. The summed E-state index contributed by atoms with van der Waals surface area (Å²) in [5, 5.41) is 4.51. The lowest BCUT2D eigenvalue weighted by molar-refractivity contribution is -0.149. The van der Waals surface area contributed by atoms with E-state index in [2.05, 4.69) is 5.10 Å². The molecule has 0 amide bonds. The summed E-state index contributed by atoms with van der Waals surface area (Å²) in [7, 11) is -2.10. The molecule has 8 nitrogen and oxygen atoms in total. The summed E-state index contributed by atoms with van der Waals surface area (Å²) >= 11 is 0. The van der Waals surface area contributed by atoms with Gasteiger partial charge in [0.25, 0.3) is 5.56 Å². The van der Waals surface area contributed by atoms with Crippen molar-refractivity contribution >= 4 is 16.0 Å². The molecule has 0 spiro atoms. The standard InChI is InChI=1S/C24H31N3O5S/c1-4-32-24(29)17-11-13-27(14-12-17)33(30,31)21-15-18(10-9-16(21)2)22-19-7-5-6-8-20(19)23(28)26(3)25-22/h9-10,15,17H,4-8,11-14H2,1-3H3. The maximum absolute atomic E-state index is 13.5. The summed E-state index contributed by atoms with van der Waals surface area (Å²) in [6.07, 6.45) is 4.36. The van der Waals surface area contributed by atoms with Crippen LogP contribution in [0.1, 0.15) is 49.3 Å². The zero-order valence-electron chi connectivity index (χ0n) is 19.5. The van der Waals surface area contributed by atoms with Crippen LogP contribution >= 0.6 is 0 Å².